The standard InChI is InChI=1S/C13H7F4I/c14-11-4-2-1-3-9(11)10-7-8(13(15,16)17)5-6-12(10)18/h1-7H. The molecule has 2 rings (SSSR count). The van der Waals surface area contributed by atoms with Crippen LogP contribution in [0.15, 0.2) is 42.5 Å². The predicted molar refractivity (Wildman–Crippen MR) is 69.6 cm³/mol. The number of rotatable bonds is 1. The maximum absolute atomic E-state index is 13.6. The molecule has 94 valence electrons. The smallest absolute Gasteiger partial charge is 0.206 e. The van der Waals surface area contributed by atoms with Crippen LogP contribution in [0.1, 0.15) is 5.56 Å². The number of alkyl halides is 3. The second kappa shape index (κ2) is 4.87. The van der Waals surface area contributed by atoms with E-state index in [1.807, 2.05) is 22.6 Å². The van der Waals surface area contributed by atoms with Gasteiger partial charge in [0.2, 0.25) is 0 Å². The Morgan fingerprint density at radius 1 is 0.889 bits per heavy atom. The van der Waals surface area contributed by atoms with Crippen molar-refractivity contribution in [1.29, 1.82) is 0 Å². The van der Waals surface area contributed by atoms with Crippen molar-refractivity contribution in [3.05, 3.63) is 57.4 Å². The van der Waals surface area contributed by atoms with Crippen LogP contribution in [0.25, 0.3) is 11.1 Å². The fraction of sp³-hybridized carbons (Fsp3) is 0.0769. The van der Waals surface area contributed by atoms with Gasteiger partial charge in [-0.05, 0) is 52.4 Å². The summed E-state index contributed by atoms with van der Waals surface area (Å²) in [7, 11) is 0. The molecule has 0 unspecified atom stereocenters. The van der Waals surface area contributed by atoms with Crippen molar-refractivity contribution in [1.82, 2.24) is 0 Å². The molecule has 0 aliphatic rings. The lowest BCUT2D eigenvalue weighted by Gasteiger charge is -2.11. The summed E-state index contributed by atoms with van der Waals surface area (Å²) in [6.45, 7) is 0. The summed E-state index contributed by atoms with van der Waals surface area (Å²) >= 11 is 1.89. The highest BCUT2D eigenvalue weighted by atomic mass is 127. The van der Waals surface area contributed by atoms with Gasteiger partial charge < -0.3 is 0 Å². The molecular weight excluding hydrogens is 359 g/mol. The van der Waals surface area contributed by atoms with Crippen molar-refractivity contribution in [3.63, 3.8) is 0 Å². The molecule has 0 aliphatic carbocycles. The Kier molecular flexibility index (Phi) is 3.61. The molecule has 0 saturated heterocycles. The van der Waals surface area contributed by atoms with Crippen LogP contribution in [0, 0.1) is 9.39 Å². The van der Waals surface area contributed by atoms with E-state index in [1.54, 1.807) is 6.07 Å². The van der Waals surface area contributed by atoms with E-state index in [-0.39, 0.29) is 11.1 Å². The lowest BCUT2D eigenvalue weighted by Crippen LogP contribution is -2.05. The van der Waals surface area contributed by atoms with Crippen molar-refractivity contribution in [2.24, 2.45) is 0 Å². The van der Waals surface area contributed by atoms with Gasteiger partial charge in [0.05, 0.1) is 5.56 Å². The summed E-state index contributed by atoms with van der Waals surface area (Å²) in [6.07, 6.45) is -4.43. The van der Waals surface area contributed by atoms with Gasteiger partial charge in [-0.2, -0.15) is 13.2 Å². The Morgan fingerprint density at radius 3 is 2.17 bits per heavy atom. The highest BCUT2D eigenvalue weighted by Gasteiger charge is 2.31. The lowest BCUT2D eigenvalue weighted by atomic mass is 10.0. The molecule has 0 heterocycles. The third-order valence-electron chi connectivity index (χ3n) is 2.46. The van der Waals surface area contributed by atoms with E-state index in [1.165, 1.54) is 24.3 Å². The first-order valence-corrected chi connectivity index (χ1v) is 6.09. The van der Waals surface area contributed by atoms with Crippen molar-refractivity contribution < 1.29 is 17.6 Å². The van der Waals surface area contributed by atoms with E-state index in [0.717, 1.165) is 12.1 Å². The molecule has 0 nitrogen and oxygen atoms in total. The monoisotopic (exact) mass is 366 g/mol. The number of halogens is 5. The Morgan fingerprint density at radius 2 is 1.56 bits per heavy atom. The first-order valence-electron chi connectivity index (χ1n) is 5.01. The fourth-order valence-corrected chi connectivity index (χ4v) is 2.21. The molecule has 0 fully saturated rings. The normalized spacial score (nSPS) is 11.6. The topological polar surface area (TPSA) is 0 Å². The SMILES string of the molecule is Fc1ccccc1-c1cc(C(F)(F)F)ccc1I. The minimum Gasteiger partial charge on any atom is -0.206 e. The summed E-state index contributed by atoms with van der Waals surface area (Å²) < 4.78 is 52.0. The van der Waals surface area contributed by atoms with Crippen molar-refractivity contribution in [2.45, 2.75) is 6.18 Å². The molecule has 0 aromatic heterocycles. The average Bonchev–Trinajstić information content (AvgIpc) is 2.29. The summed E-state index contributed by atoms with van der Waals surface area (Å²) in [5.74, 6) is -0.533. The summed E-state index contributed by atoms with van der Waals surface area (Å²) in [6, 6.07) is 9.09. The molecule has 0 bridgehead atoms. The molecule has 0 spiro atoms. The summed E-state index contributed by atoms with van der Waals surface area (Å²) in [4.78, 5) is 0. The van der Waals surface area contributed by atoms with Gasteiger partial charge >= 0.3 is 6.18 Å². The molecule has 2 aromatic carbocycles. The molecule has 0 radical (unpaired) electrons. The second-order valence-corrected chi connectivity index (χ2v) is 4.83. The third kappa shape index (κ3) is 2.66. The van der Waals surface area contributed by atoms with Crippen molar-refractivity contribution >= 4 is 22.6 Å². The zero-order valence-electron chi connectivity index (χ0n) is 8.93. The van der Waals surface area contributed by atoms with Crippen LogP contribution in [0.3, 0.4) is 0 Å². The van der Waals surface area contributed by atoms with E-state index in [9.17, 15) is 17.6 Å². The zero-order chi connectivity index (χ0) is 13.3. The highest BCUT2D eigenvalue weighted by Crippen LogP contribution is 2.35. The van der Waals surface area contributed by atoms with Gasteiger partial charge in [-0.15, -0.1) is 0 Å². The van der Waals surface area contributed by atoms with Crippen LogP contribution in [-0.4, -0.2) is 0 Å². The predicted octanol–water partition coefficient (Wildman–Crippen LogP) is 5.12. The second-order valence-electron chi connectivity index (χ2n) is 3.67. The molecule has 0 saturated carbocycles. The number of hydrogen-bond acceptors (Lipinski definition) is 0. The first kappa shape index (κ1) is 13.3. The minimum atomic E-state index is -4.43. The van der Waals surface area contributed by atoms with E-state index in [2.05, 4.69) is 0 Å². The van der Waals surface area contributed by atoms with Gasteiger partial charge in [0.25, 0.3) is 0 Å². The number of hydrogen-bond donors (Lipinski definition) is 0. The maximum atomic E-state index is 13.6. The lowest BCUT2D eigenvalue weighted by molar-refractivity contribution is -0.137. The van der Waals surface area contributed by atoms with Gasteiger partial charge in [-0.1, -0.05) is 18.2 Å². The van der Waals surface area contributed by atoms with Crippen LogP contribution in [-0.2, 0) is 6.18 Å². The van der Waals surface area contributed by atoms with Gasteiger partial charge in [-0.3, -0.25) is 0 Å². The third-order valence-corrected chi connectivity index (χ3v) is 3.40. The van der Waals surface area contributed by atoms with E-state index < -0.39 is 17.6 Å². The largest absolute Gasteiger partial charge is 0.416 e. The van der Waals surface area contributed by atoms with Crippen LogP contribution < -0.4 is 0 Å². The van der Waals surface area contributed by atoms with E-state index in [0.29, 0.717) is 3.57 Å². The van der Waals surface area contributed by atoms with Crippen LogP contribution in [0.4, 0.5) is 17.6 Å². The molecule has 5 heteroatoms. The van der Waals surface area contributed by atoms with Gasteiger partial charge in [0.15, 0.2) is 0 Å². The summed E-state index contributed by atoms with van der Waals surface area (Å²) in [5.41, 5.74) is -0.349. The molecule has 0 N–H and O–H groups in total. The number of benzene rings is 2. The molecule has 0 aliphatic heterocycles. The Labute approximate surface area is 115 Å². The molecule has 18 heavy (non-hydrogen) atoms. The van der Waals surface area contributed by atoms with Crippen molar-refractivity contribution in [3.8, 4) is 11.1 Å². The van der Waals surface area contributed by atoms with Gasteiger partial charge in [0, 0.05) is 9.13 Å². The van der Waals surface area contributed by atoms with Gasteiger partial charge in [0.1, 0.15) is 5.82 Å². The Balaban J connectivity index is 2.61. The van der Waals surface area contributed by atoms with E-state index >= 15 is 0 Å². The van der Waals surface area contributed by atoms with E-state index in [4.69, 9.17) is 0 Å². The molecule has 0 amide bonds. The van der Waals surface area contributed by atoms with Crippen molar-refractivity contribution in [2.75, 3.05) is 0 Å². The summed E-state index contributed by atoms with van der Waals surface area (Å²) in [5, 5.41) is 0. The fourth-order valence-electron chi connectivity index (χ4n) is 1.59. The van der Waals surface area contributed by atoms with Crippen LogP contribution in [0.2, 0.25) is 0 Å². The van der Waals surface area contributed by atoms with Crippen LogP contribution >= 0.6 is 22.6 Å². The minimum absolute atomic E-state index is 0.174. The van der Waals surface area contributed by atoms with Crippen LogP contribution in [0.5, 0.6) is 0 Å². The molecule has 2 aromatic rings. The maximum Gasteiger partial charge on any atom is 0.416 e. The highest BCUT2D eigenvalue weighted by molar-refractivity contribution is 14.1. The molecule has 0 atom stereocenters. The first-order chi connectivity index (χ1) is 8.39. The average molecular weight is 366 g/mol. The Bertz CT molecular complexity index is 575. The molecular formula is C13H7F4I. The zero-order valence-corrected chi connectivity index (χ0v) is 11.1. The van der Waals surface area contributed by atoms with Gasteiger partial charge in [-0.25, -0.2) is 4.39 Å². The quantitative estimate of drug-likeness (QED) is 0.486. The Hall–Kier alpha value is -1.11.